The molecule has 1 amide bonds. The third kappa shape index (κ3) is 4.65. The van der Waals surface area contributed by atoms with Crippen LogP contribution in [0.1, 0.15) is 35.8 Å². The Bertz CT molecular complexity index is 1140. The van der Waals surface area contributed by atoms with Crippen LogP contribution in [0.15, 0.2) is 52.4 Å². The molecule has 3 rings (SSSR count). The number of carbonyl (C=O) groups is 1. The highest BCUT2D eigenvalue weighted by atomic mass is 16.5. The van der Waals surface area contributed by atoms with Gasteiger partial charge in [0.25, 0.3) is 11.5 Å². The maximum absolute atomic E-state index is 12.6. The molecule has 1 N–H and O–H groups in total. The number of unbranched alkanes of at least 4 members (excludes halogenated alkanes) is 1. The van der Waals surface area contributed by atoms with Gasteiger partial charge in [-0.05, 0) is 36.2 Å². The number of benzene rings is 2. The normalized spacial score (nSPS) is 11.0. The number of hydrazone groups is 1. The molecule has 0 atom stereocenters. The number of fused-ring (bicyclic) bond motifs is 1. The van der Waals surface area contributed by atoms with Crippen LogP contribution in [-0.4, -0.2) is 35.6 Å². The summed E-state index contributed by atoms with van der Waals surface area (Å²) in [7, 11) is 3.08. The molecule has 2 aromatic carbocycles. The van der Waals surface area contributed by atoms with Gasteiger partial charge in [0.1, 0.15) is 0 Å². The largest absolute Gasteiger partial charge is 0.493 e. The lowest BCUT2D eigenvalue weighted by Gasteiger charge is -2.10. The SMILES string of the molecule is CCCCOc1ccc(/C=N\NC(=O)c2nn(C)c(=O)c3ccccc23)cc1OC. The lowest BCUT2D eigenvalue weighted by atomic mass is 10.1. The van der Waals surface area contributed by atoms with Gasteiger partial charge in [-0.1, -0.05) is 31.5 Å². The van der Waals surface area contributed by atoms with Crippen LogP contribution in [0.25, 0.3) is 10.8 Å². The van der Waals surface area contributed by atoms with Gasteiger partial charge in [0.2, 0.25) is 0 Å². The molecule has 0 bridgehead atoms. The van der Waals surface area contributed by atoms with Gasteiger partial charge >= 0.3 is 0 Å². The van der Waals surface area contributed by atoms with E-state index in [1.54, 1.807) is 43.5 Å². The van der Waals surface area contributed by atoms with Crippen LogP contribution in [-0.2, 0) is 7.05 Å². The number of rotatable bonds is 8. The summed E-state index contributed by atoms with van der Waals surface area (Å²) in [5, 5.41) is 8.99. The van der Waals surface area contributed by atoms with Gasteiger partial charge in [-0.2, -0.15) is 10.2 Å². The van der Waals surface area contributed by atoms with Crippen molar-refractivity contribution in [2.24, 2.45) is 12.1 Å². The topological polar surface area (TPSA) is 94.8 Å². The molecule has 156 valence electrons. The van der Waals surface area contributed by atoms with Crippen LogP contribution < -0.4 is 20.5 Å². The highest BCUT2D eigenvalue weighted by Crippen LogP contribution is 2.27. The van der Waals surface area contributed by atoms with Crippen molar-refractivity contribution in [1.29, 1.82) is 0 Å². The molecule has 0 aliphatic heterocycles. The Morgan fingerprint density at radius 2 is 1.97 bits per heavy atom. The average molecular weight is 408 g/mol. The van der Waals surface area contributed by atoms with Gasteiger partial charge in [0.15, 0.2) is 17.2 Å². The Morgan fingerprint density at radius 3 is 2.70 bits per heavy atom. The fourth-order valence-electron chi connectivity index (χ4n) is 2.90. The van der Waals surface area contributed by atoms with E-state index < -0.39 is 5.91 Å². The number of nitrogens with zero attached hydrogens (tertiary/aromatic N) is 3. The van der Waals surface area contributed by atoms with Crippen molar-refractivity contribution in [3.05, 3.63) is 64.1 Å². The van der Waals surface area contributed by atoms with E-state index in [9.17, 15) is 9.59 Å². The Labute approximate surface area is 174 Å². The maximum Gasteiger partial charge on any atom is 0.292 e. The summed E-state index contributed by atoms with van der Waals surface area (Å²) < 4.78 is 12.2. The molecule has 0 saturated carbocycles. The van der Waals surface area contributed by atoms with Crippen LogP contribution >= 0.6 is 0 Å². The van der Waals surface area contributed by atoms with Gasteiger partial charge < -0.3 is 9.47 Å². The first-order chi connectivity index (χ1) is 14.5. The first-order valence-electron chi connectivity index (χ1n) is 9.65. The molecule has 8 nitrogen and oxygen atoms in total. The molecule has 0 spiro atoms. The highest BCUT2D eigenvalue weighted by Gasteiger charge is 2.15. The summed E-state index contributed by atoms with van der Waals surface area (Å²) in [5.41, 5.74) is 3.05. The Morgan fingerprint density at radius 1 is 1.20 bits per heavy atom. The van der Waals surface area contributed by atoms with E-state index in [0.717, 1.165) is 23.1 Å². The standard InChI is InChI=1S/C22H24N4O4/c1-4-5-12-30-18-11-10-15(13-19(18)29-3)14-23-24-21(27)20-16-8-6-7-9-17(16)22(28)26(2)25-20/h6-11,13-14H,4-5,12H2,1-3H3,(H,24,27)/b23-14-. The molecule has 30 heavy (non-hydrogen) atoms. The molecule has 0 saturated heterocycles. The zero-order valence-electron chi connectivity index (χ0n) is 17.2. The maximum atomic E-state index is 12.6. The summed E-state index contributed by atoms with van der Waals surface area (Å²) in [4.78, 5) is 24.8. The number of carbonyl (C=O) groups excluding carboxylic acids is 1. The van der Waals surface area contributed by atoms with Crippen molar-refractivity contribution in [2.45, 2.75) is 19.8 Å². The van der Waals surface area contributed by atoms with E-state index >= 15 is 0 Å². The first kappa shape index (κ1) is 21.0. The third-order valence-corrected chi connectivity index (χ3v) is 4.49. The van der Waals surface area contributed by atoms with Crippen LogP contribution in [0, 0.1) is 0 Å². The predicted octanol–water partition coefficient (Wildman–Crippen LogP) is 2.88. The molecule has 0 aliphatic carbocycles. The van der Waals surface area contributed by atoms with Crippen molar-refractivity contribution >= 4 is 22.9 Å². The van der Waals surface area contributed by atoms with E-state index in [4.69, 9.17) is 9.47 Å². The molecule has 1 heterocycles. The number of amides is 1. The van der Waals surface area contributed by atoms with Gasteiger partial charge in [0.05, 0.1) is 25.3 Å². The highest BCUT2D eigenvalue weighted by molar-refractivity contribution is 6.04. The van der Waals surface area contributed by atoms with Crippen molar-refractivity contribution < 1.29 is 14.3 Å². The Balaban J connectivity index is 1.76. The van der Waals surface area contributed by atoms with Crippen LogP contribution in [0.4, 0.5) is 0 Å². The summed E-state index contributed by atoms with van der Waals surface area (Å²) in [6, 6.07) is 12.2. The third-order valence-electron chi connectivity index (χ3n) is 4.49. The lowest BCUT2D eigenvalue weighted by molar-refractivity contribution is 0.0950. The van der Waals surface area contributed by atoms with E-state index in [1.165, 1.54) is 13.3 Å². The number of methoxy groups -OCH3 is 1. The molecule has 0 unspecified atom stereocenters. The second kappa shape index (κ2) is 9.69. The van der Waals surface area contributed by atoms with Crippen molar-refractivity contribution in [3.63, 3.8) is 0 Å². The first-order valence-corrected chi connectivity index (χ1v) is 9.65. The summed E-state index contributed by atoms with van der Waals surface area (Å²) in [6.45, 7) is 2.72. The number of nitrogens with one attached hydrogen (secondary N) is 1. The predicted molar refractivity (Wildman–Crippen MR) is 115 cm³/mol. The van der Waals surface area contributed by atoms with Crippen molar-refractivity contribution in [3.8, 4) is 11.5 Å². The number of aryl methyl sites for hydroxylation is 1. The van der Waals surface area contributed by atoms with E-state index in [1.807, 2.05) is 6.07 Å². The second-order valence-corrected chi connectivity index (χ2v) is 6.63. The molecular weight excluding hydrogens is 384 g/mol. The van der Waals surface area contributed by atoms with E-state index in [-0.39, 0.29) is 11.3 Å². The van der Waals surface area contributed by atoms with Gasteiger partial charge in [-0.15, -0.1) is 0 Å². The Hall–Kier alpha value is -3.68. The van der Waals surface area contributed by atoms with Crippen molar-refractivity contribution in [1.82, 2.24) is 15.2 Å². The number of aromatic nitrogens is 2. The van der Waals surface area contributed by atoms with Crippen LogP contribution in [0.3, 0.4) is 0 Å². The number of ether oxygens (including phenoxy) is 2. The minimum atomic E-state index is -0.510. The zero-order valence-corrected chi connectivity index (χ0v) is 17.2. The van der Waals surface area contributed by atoms with Crippen molar-refractivity contribution in [2.75, 3.05) is 13.7 Å². The molecule has 3 aromatic rings. The molecular formula is C22H24N4O4. The molecule has 0 radical (unpaired) electrons. The number of hydrogen-bond donors (Lipinski definition) is 1. The summed E-state index contributed by atoms with van der Waals surface area (Å²) in [6.07, 6.45) is 3.51. The fraction of sp³-hybridized carbons (Fsp3) is 0.273. The quantitative estimate of drug-likeness (QED) is 0.351. The minimum absolute atomic E-state index is 0.127. The van der Waals surface area contributed by atoms with Crippen LogP contribution in [0.5, 0.6) is 11.5 Å². The second-order valence-electron chi connectivity index (χ2n) is 6.63. The fourth-order valence-corrected chi connectivity index (χ4v) is 2.90. The summed E-state index contributed by atoms with van der Waals surface area (Å²) >= 11 is 0. The molecule has 0 fully saturated rings. The van der Waals surface area contributed by atoms with E-state index in [0.29, 0.717) is 28.9 Å². The molecule has 0 aliphatic rings. The molecule has 1 aromatic heterocycles. The number of hydrogen-bond acceptors (Lipinski definition) is 6. The van der Waals surface area contributed by atoms with Gasteiger partial charge in [0, 0.05) is 12.4 Å². The summed E-state index contributed by atoms with van der Waals surface area (Å²) in [5.74, 6) is 0.740. The van der Waals surface area contributed by atoms with Gasteiger partial charge in [-0.25, -0.2) is 10.1 Å². The van der Waals surface area contributed by atoms with E-state index in [2.05, 4.69) is 22.5 Å². The van der Waals surface area contributed by atoms with Gasteiger partial charge in [-0.3, -0.25) is 9.59 Å². The Kier molecular flexibility index (Phi) is 6.79. The lowest BCUT2D eigenvalue weighted by Crippen LogP contribution is -2.27. The average Bonchev–Trinajstić information content (AvgIpc) is 2.77. The molecule has 8 heteroatoms. The monoisotopic (exact) mass is 408 g/mol. The van der Waals surface area contributed by atoms with Crippen LogP contribution in [0.2, 0.25) is 0 Å². The smallest absolute Gasteiger partial charge is 0.292 e. The minimum Gasteiger partial charge on any atom is -0.493 e. The zero-order chi connectivity index (χ0) is 21.5.